The summed E-state index contributed by atoms with van der Waals surface area (Å²) in [6, 6.07) is 6.78. The summed E-state index contributed by atoms with van der Waals surface area (Å²) < 4.78 is 45.3. The molecular formula is C20H24F3N5O3. The predicted molar refractivity (Wildman–Crippen MR) is 106 cm³/mol. The minimum absolute atomic E-state index is 0.00249. The maximum absolute atomic E-state index is 13.0. The molecule has 0 aliphatic carbocycles. The molecule has 1 aliphatic heterocycles. The fraction of sp³-hybridized carbons (Fsp3) is 0.450. The molecule has 1 aliphatic rings. The molecule has 31 heavy (non-hydrogen) atoms. The Morgan fingerprint density at radius 3 is 2.68 bits per heavy atom. The number of alkyl halides is 3. The highest BCUT2D eigenvalue weighted by Gasteiger charge is 2.38. The number of halogens is 3. The van der Waals surface area contributed by atoms with E-state index in [0.717, 1.165) is 24.0 Å². The molecule has 8 nitrogen and oxygen atoms in total. The Balaban J connectivity index is 1.53. The van der Waals surface area contributed by atoms with Gasteiger partial charge in [-0.25, -0.2) is 0 Å². The first-order valence-electron chi connectivity index (χ1n) is 9.80. The van der Waals surface area contributed by atoms with Crippen LogP contribution in [-0.2, 0) is 29.3 Å². The van der Waals surface area contributed by atoms with Gasteiger partial charge in [0.1, 0.15) is 0 Å². The molecule has 2 aromatic rings. The minimum atomic E-state index is -4.72. The fourth-order valence-corrected chi connectivity index (χ4v) is 3.21. The van der Waals surface area contributed by atoms with Crippen LogP contribution in [0.1, 0.15) is 28.0 Å². The quantitative estimate of drug-likeness (QED) is 0.689. The van der Waals surface area contributed by atoms with Crippen molar-refractivity contribution in [2.75, 3.05) is 38.2 Å². The maximum atomic E-state index is 13.0. The number of morpholine rings is 1. The van der Waals surface area contributed by atoms with Gasteiger partial charge in [-0.05, 0) is 17.7 Å². The standard InChI is InChI=1S/C20H24F3N5O3/c1-27-13-16(18(26-27)20(21,22)23)19(30)24-12-14-3-2-4-15(11-14)25-17(29)5-6-28-7-9-31-10-8-28/h2-4,11,13H,5-10,12H2,1H3,(H,24,30)(H,25,29). The molecule has 168 valence electrons. The Morgan fingerprint density at radius 2 is 1.97 bits per heavy atom. The second kappa shape index (κ2) is 9.92. The second-order valence-corrected chi connectivity index (χ2v) is 7.20. The zero-order valence-corrected chi connectivity index (χ0v) is 17.0. The van der Waals surface area contributed by atoms with Crippen LogP contribution in [0.4, 0.5) is 18.9 Å². The van der Waals surface area contributed by atoms with Crippen LogP contribution in [0.3, 0.4) is 0 Å². The highest BCUT2D eigenvalue weighted by molar-refractivity contribution is 5.95. The number of nitrogens with zero attached hydrogens (tertiary/aromatic N) is 3. The van der Waals surface area contributed by atoms with E-state index in [0.29, 0.717) is 37.4 Å². The Kier molecular flexibility index (Phi) is 7.29. The molecule has 1 fully saturated rings. The lowest BCUT2D eigenvalue weighted by molar-refractivity contribution is -0.141. The first-order valence-corrected chi connectivity index (χ1v) is 9.80. The smallest absolute Gasteiger partial charge is 0.379 e. The summed E-state index contributed by atoms with van der Waals surface area (Å²) in [4.78, 5) is 26.6. The molecule has 3 rings (SSSR count). The Bertz CT molecular complexity index is 923. The van der Waals surface area contributed by atoms with E-state index in [-0.39, 0.29) is 12.5 Å². The predicted octanol–water partition coefficient (Wildman–Crippen LogP) is 2.03. The highest BCUT2D eigenvalue weighted by atomic mass is 19.4. The molecule has 0 radical (unpaired) electrons. The fourth-order valence-electron chi connectivity index (χ4n) is 3.21. The molecule has 0 saturated carbocycles. The summed E-state index contributed by atoms with van der Waals surface area (Å²) in [6.45, 7) is 3.57. The number of hydrogen-bond acceptors (Lipinski definition) is 5. The van der Waals surface area contributed by atoms with Crippen molar-refractivity contribution in [1.82, 2.24) is 20.0 Å². The number of rotatable bonds is 7. The zero-order valence-electron chi connectivity index (χ0n) is 17.0. The molecule has 0 unspecified atom stereocenters. The number of ether oxygens (including phenoxy) is 1. The van der Waals surface area contributed by atoms with Gasteiger partial charge >= 0.3 is 6.18 Å². The molecule has 0 spiro atoms. The first-order chi connectivity index (χ1) is 14.7. The van der Waals surface area contributed by atoms with E-state index >= 15 is 0 Å². The number of anilines is 1. The van der Waals surface area contributed by atoms with Gasteiger partial charge in [0.25, 0.3) is 5.91 Å². The van der Waals surface area contributed by atoms with Crippen LogP contribution < -0.4 is 10.6 Å². The van der Waals surface area contributed by atoms with Crippen LogP contribution in [-0.4, -0.2) is 59.3 Å². The largest absolute Gasteiger partial charge is 0.435 e. The van der Waals surface area contributed by atoms with E-state index in [1.54, 1.807) is 24.3 Å². The van der Waals surface area contributed by atoms with E-state index in [9.17, 15) is 22.8 Å². The van der Waals surface area contributed by atoms with E-state index in [1.165, 1.54) is 7.05 Å². The van der Waals surface area contributed by atoms with E-state index < -0.39 is 23.3 Å². The van der Waals surface area contributed by atoms with Crippen molar-refractivity contribution in [3.63, 3.8) is 0 Å². The minimum Gasteiger partial charge on any atom is -0.379 e. The van der Waals surface area contributed by atoms with Gasteiger partial charge in [-0.3, -0.25) is 19.2 Å². The van der Waals surface area contributed by atoms with Gasteiger partial charge in [-0.2, -0.15) is 18.3 Å². The number of benzene rings is 1. The van der Waals surface area contributed by atoms with Crippen molar-refractivity contribution in [3.8, 4) is 0 Å². The molecule has 1 aromatic carbocycles. The van der Waals surface area contributed by atoms with Crippen molar-refractivity contribution >= 4 is 17.5 Å². The SMILES string of the molecule is Cn1cc(C(=O)NCc2cccc(NC(=O)CCN3CCOCC3)c2)c(C(F)(F)F)n1. The average Bonchev–Trinajstić information content (AvgIpc) is 3.14. The van der Waals surface area contributed by atoms with Crippen LogP contribution in [0.25, 0.3) is 0 Å². The molecule has 11 heteroatoms. The Hall–Kier alpha value is -2.92. The number of amides is 2. The van der Waals surface area contributed by atoms with Crippen molar-refractivity contribution in [2.45, 2.75) is 19.1 Å². The van der Waals surface area contributed by atoms with Crippen LogP contribution >= 0.6 is 0 Å². The number of aromatic nitrogens is 2. The number of carbonyl (C=O) groups is 2. The van der Waals surface area contributed by atoms with Crippen molar-refractivity contribution in [2.24, 2.45) is 7.05 Å². The third-order valence-corrected chi connectivity index (χ3v) is 4.76. The van der Waals surface area contributed by atoms with Crippen LogP contribution in [0, 0.1) is 0 Å². The molecule has 2 heterocycles. The molecule has 2 N–H and O–H groups in total. The van der Waals surface area contributed by atoms with Gasteiger partial charge in [-0.1, -0.05) is 12.1 Å². The number of aryl methyl sites for hydroxylation is 1. The highest BCUT2D eigenvalue weighted by Crippen LogP contribution is 2.30. The zero-order chi connectivity index (χ0) is 22.4. The number of nitrogens with one attached hydrogen (secondary N) is 2. The Labute approximate surface area is 177 Å². The van der Waals surface area contributed by atoms with E-state index in [2.05, 4.69) is 20.6 Å². The Morgan fingerprint density at radius 1 is 1.23 bits per heavy atom. The van der Waals surface area contributed by atoms with Crippen molar-refractivity contribution < 1.29 is 27.5 Å². The van der Waals surface area contributed by atoms with Gasteiger partial charge in [0.2, 0.25) is 5.91 Å². The monoisotopic (exact) mass is 439 g/mol. The number of hydrogen-bond donors (Lipinski definition) is 2. The molecule has 2 amide bonds. The molecular weight excluding hydrogens is 415 g/mol. The maximum Gasteiger partial charge on any atom is 0.435 e. The summed E-state index contributed by atoms with van der Waals surface area (Å²) in [5.74, 6) is -1.02. The van der Waals surface area contributed by atoms with Gasteiger partial charge in [0.15, 0.2) is 5.69 Å². The summed E-state index contributed by atoms with van der Waals surface area (Å²) >= 11 is 0. The third-order valence-electron chi connectivity index (χ3n) is 4.76. The molecule has 0 atom stereocenters. The van der Waals surface area contributed by atoms with Crippen LogP contribution in [0.2, 0.25) is 0 Å². The molecule has 1 saturated heterocycles. The summed E-state index contributed by atoms with van der Waals surface area (Å²) in [5, 5.41) is 8.60. The van der Waals surface area contributed by atoms with E-state index in [4.69, 9.17) is 4.74 Å². The van der Waals surface area contributed by atoms with Crippen LogP contribution in [0.15, 0.2) is 30.5 Å². The lowest BCUT2D eigenvalue weighted by Gasteiger charge is -2.26. The molecule has 1 aromatic heterocycles. The normalized spacial score (nSPS) is 15.0. The summed E-state index contributed by atoms with van der Waals surface area (Å²) in [5.41, 5.74) is -0.579. The van der Waals surface area contributed by atoms with Crippen molar-refractivity contribution in [3.05, 3.63) is 47.3 Å². The second-order valence-electron chi connectivity index (χ2n) is 7.20. The van der Waals surface area contributed by atoms with E-state index in [1.807, 2.05) is 0 Å². The molecule has 0 bridgehead atoms. The summed E-state index contributed by atoms with van der Waals surface area (Å²) in [6.07, 6.45) is -3.36. The van der Waals surface area contributed by atoms with Gasteiger partial charge in [0.05, 0.1) is 18.8 Å². The third kappa shape index (κ3) is 6.53. The van der Waals surface area contributed by atoms with Gasteiger partial charge in [-0.15, -0.1) is 0 Å². The topological polar surface area (TPSA) is 88.5 Å². The lowest BCUT2D eigenvalue weighted by atomic mass is 10.1. The van der Waals surface area contributed by atoms with Crippen molar-refractivity contribution in [1.29, 1.82) is 0 Å². The average molecular weight is 439 g/mol. The first kappa shape index (κ1) is 22.8. The number of carbonyl (C=O) groups excluding carboxylic acids is 2. The van der Waals surface area contributed by atoms with Gasteiger partial charge < -0.3 is 15.4 Å². The van der Waals surface area contributed by atoms with Crippen LogP contribution in [0.5, 0.6) is 0 Å². The van der Waals surface area contributed by atoms with Gasteiger partial charge in [0, 0.05) is 51.5 Å². The summed E-state index contributed by atoms with van der Waals surface area (Å²) in [7, 11) is 1.32. The lowest BCUT2D eigenvalue weighted by Crippen LogP contribution is -2.38.